The molecule has 0 saturated carbocycles. The fourth-order valence-electron chi connectivity index (χ4n) is 1.43. The van der Waals surface area contributed by atoms with E-state index in [1.807, 2.05) is 0 Å². The number of carbonyl (C=O) groups is 1. The minimum absolute atomic E-state index is 0.250. The Labute approximate surface area is 88.2 Å². The van der Waals surface area contributed by atoms with Gasteiger partial charge in [-0.3, -0.25) is 4.79 Å². The smallest absolute Gasteiger partial charge is 0.316 e. The van der Waals surface area contributed by atoms with Gasteiger partial charge in [0.1, 0.15) is 5.25 Å². The van der Waals surface area contributed by atoms with E-state index in [0.717, 1.165) is 25.2 Å². The van der Waals surface area contributed by atoms with Crippen molar-refractivity contribution in [2.75, 3.05) is 18.9 Å². The van der Waals surface area contributed by atoms with Crippen molar-refractivity contribution >= 4 is 17.7 Å². The largest absolute Gasteiger partial charge is 0.480 e. The van der Waals surface area contributed by atoms with Gasteiger partial charge in [0.2, 0.25) is 0 Å². The van der Waals surface area contributed by atoms with E-state index >= 15 is 0 Å². The monoisotopic (exact) mass is 219 g/mol. The first-order valence-electron chi connectivity index (χ1n) is 4.90. The van der Waals surface area contributed by atoms with Crippen LogP contribution >= 0.6 is 11.8 Å². The van der Waals surface area contributed by atoms with Gasteiger partial charge in [0.25, 0.3) is 0 Å². The normalized spacial score (nSPS) is 23.6. The van der Waals surface area contributed by atoms with Crippen molar-refractivity contribution in [2.45, 2.75) is 30.6 Å². The summed E-state index contributed by atoms with van der Waals surface area (Å²) in [5, 5.41) is 8.49. The van der Waals surface area contributed by atoms with Crippen molar-refractivity contribution in [2.24, 2.45) is 5.73 Å². The van der Waals surface area contributed by atoms with Gasteiger partial charge in [-0.15, -0.1) is 11.8 Å². The zero-order valence-electron chi connectivity index (χ0n) is 8.15. The quantitative estimate of drug-likeness (QED) is 0.688. The molecule has 0 spiro atoms. The van der Waals surface area contributed by atoms with Crippen LogP contribution in [-0.4, -0.2) is 41.3 Å². The van der Waals surface area contributed by atoms with E-state index in [1.54, 1.807) is 0 Å². The number of aliphatic carboxylic acids is 1. The molecule has 0 bridgehead atoms. The van der Waals surface area contributed by atoms with Crippen molar-refractivity contribution in [1.82, 2.24) is 0 Å². The number of carboxylic acid groups (broad SMARTS) is 1. The summed E-state index contributed by atoms with van der Waals surface area (Å²) in [6.07, 6.45) is 2.94. The minimum Gasteiger partial charge on any atom is -0.480 e. The summed E-state index contributed by atoms with van der Waals surface area (Å²) in [7, 11) is 0. The number of nitrogens with two attached hydrogens (primary N) is 1. The van der Waals surface area contributed by atoms with E-state index in [2.05, 4.69) is 0 Å². The van der Waals surface area contributed by atoms with Crippen LogP contribution in [0.5, 0.6) is 0 Å². The van der Waals surface area contributed by atoms with Crippen LogP contribution in [0, 0.1) is 0 Å². The van der Waals surface area contributed by atoms with E-state index in [0.29, 0.717) is 13.0 Å². The molecule has 0 aromatic rings. The second-order valence-corrected chi connectivity index (χ2v) is 4.61. The summed E-state index contributed by atoms with van der Waals surface area (Å²) in [4.78, 5) is 10.8. The van der Waals surface area contributed by atoms with Crippen molar-refractivity contribution < 1.29 is 14.6 Å². The van der Waals surface area contributed by atoms with Crippen LogP contribution in [0.2, 0.25) is 0 Å². The summed E-state index contributed by atoms with van der Waals surface area (Å²) < 4.78 is 5.42. The Morgan fingerprint density at radius 3 is 3.00 bits per heavy atom. The van der Waals surface area contributed by atoms with Crippen LogP contribution in [0.1, 0.15) is 19.3 Å². The molecule has 1 aliphatic rings. The van der Waals surface area contributed by atoms with Gasteiger partial charge in [0.05, 0.1) is 6.10 Å². The fraction of sp³-hybridized carbons (Fsp3) is 0.889. The Bertz CT molecular complexity index is 183. The molecule has 1 fully saturated rings. The second-order valence-electron chi connectivity index (χ2n) is 3.37. The molecule has 82 valence electrons. The SMILES string of the molecule is NCCC(SCC1CCCO1)C(=O)O. The number of hydrogen-bond donors (Lipinski definition) is 2. The molecule has 0 aromatic heterocycles. The number of thioether (sulfide) groups is 1. The molecule has 1 rings (SSSR count). The van der Waals surface area contributed by atoms with Gasteiger partial charge in [0.15, 0.2) is 0 Å². The van der Waals surface area contributed by atoms with E-state index in [1.165, 1.54) is 11.8 Å². The highest BCUT2D eigenvalue weighted by Gasteiger charge is 2.21. The zero-order valence-corrected chi connectivity index (χ0v) is 8.96. The van der Waals surface area contributed by atoms with Crippen molar-refractivity contribution in [3.8, 4) is 0 Å². The molecule has 14 heavy (non-hydrogen) atoms. The Kier molecular flexibility index (Phi) is 5.29. The number of hydrogen-bond acceptors (Lipinski definition) is 4. The van der Waals surface area contributed by atoms with Crippen LogP contribution in [-0.2, 0) is 9.53 Å². The highest BCUT2D eigenvalue weighted by Crippen LogP contribution is 2.21. The average molecular weight is 219 g/mol. The van der Waals surface area contributed by atoms with Crippen molar-refractivity contribution in [1.29, 1.82) is 0 Å². The molecule has 0 aromatic carbocycles. The molecule has 1 aliphatic heterocycles. The van der Waals surface area contributed by atoms with Gasteiger partial charge in [-0.1, -0.05) is 0 Å². The van der Waals surface area contributed by atoms with Crippen LogP contribution in [0.15, 0.2) is 0 Å². The van der Waals surface area contributed by atoms with Gasteiger partial charge < -0.3 is 15.6 Å². The lowest BCUT2D eigenvalue weighted by atomic mass is 10.3. The molecule has 0 amide bonds. The van der Waals surface area contributed by atoms with Crippen LogP contribution < -0.4 is 5.73 Å². The first-order valence-corrected chi connectivity index (χ1v) is 5.95. The zero-order chi connectivity index (χ0) is 10.4. The summed E-state index contributed by atoms with van der Waals surface area (Å²) >= 11 is 1.45. The van der Waals surface area contributed by atoms with Crippen LogP contribution in [0.25, 0.3) is 0 Å². The number of rotatable bonds is 6. The van der Waals surface area contributed by atoms with Crippen molar-refractivity contribution in [3.63, 3.8) is 0 Å². The maximum Gasteiger partial charge on any atom is 0.316 e. The fourth-order valence-corrected chi connectivity index (χ4v) is 2.58. The molecule has 3 N–H and O–H groups in total. The summed E-state index contributed by atoms with van der Waals surface area (Å²) in [5.74, 6) is 0.00944. The average Bonchev–Trinajstić information content (AvgIpc) is 2.64. The van der Waals surface area contributed by atoms with E-state index in [4.69, 9.17) is 15.6 Å². The molecule has 1 heterocycles. The third-order valence-electron chi connectivity index (χ3n) is 2.21. The predicted octanol–water partition coefficient (Wildman–Crippen LogP) is 0.701. The standard InChI is InChI=1S/C9H17NO3S/c10-4-3-8(9(11)12)14-6-7-2-1-5-13-7/h7-8H,1-6,10H2,(H,11,12). The molecular weight excluding hydrogens is 202 g/mol. The highest BCUT2D eigenvalue weighted by molar-refractivity contribution is 8.00. The molecular formula is C9H17NO3S. The predicted molar refractivity (Wildman–Crippen MR) is 56.5 cm³/mol. The Morgan fingerprint density at radius 2 is 2.50 bits per heavy atom. The maximum absolute atomic E-state index is 10.8. The lowest BCUT2D eigenvalue weighted by Gasteiger charge is -2.13. The maximum atomic E-state index is 10.8. The lowest BCUT2D eigenvalue weighted by Crippen LogP contribution is -2.23. The number of ether oxygens (including phenoxy) is 1. The third-order valence-corrected chi connectivity index (χ3v) is 3.62. The topological polar surface area (TPSA) is 72.5 Å². The van der Waals surface area contributed by atoms with Gasteiger partial charge in [0, 0.05) is 12.4 Å². The minimum atomic E-state index is -0.765. The third kappa shape index (κ3) is 3.86. The van der Waals surface area contributed by atoms with Crippen LogP contribution in [0.4, 0.5) is 0 Å². The summed E-state index contributed by atoms with van der Waals surface area (Å²) in [6.45, 7) is 1.25. The second kappa shape index (κ2) is 6.27. The molecule has 2 unspecified atom stereocenters. The first kappa shape index (κ1) is 11.8. The molecule has 4 nitrogen and oxygen atoms in total. The number of carboxylic acids is 1. The van der Waals surface area contributed by atoms with Crippen LogP contribution in [0.3, 0.4) is 0 Å². The van der Waals surface area contributed by atoms with Gasteiger partial charge in [-0.2, -0.15) is 0 Å². The van der Waals surface area contributed by atoms with E-state index in [-0.39, 0.29) is 11.4 Å². The molecule has 0 radical (unpaired) electrons. The van der Waals surface area contributed by atoms with E-state index < -0.39 is 5.97 Å². The highest BCUT2D eigenvalue weighted by atomic mass is 32.2. The molecule has 2 atom stereocenters. The lowest BCUT2D eigenvalue weighted by molar-refractivity contribution is -0.136. The molecule has 0 aliphatic carbocycles. The van der Waals surface area contributed by atoms with E-state index in [9.17, 15) is 4.79 Å². The Balaban J connectivity index is 2.21. The molecule has 5 heteroatoms. The Hall–Kier alpha value is -0.260. The first-order chi connectivity index (χ1) is 6.74. The summed E-state index contributed by atoms with van der Waals surface area (Å²) in [6, 6.07) is 0. The van der Waals surface area contributed by atoms with Gasteiger partial charge in [-0.05, 0) is 25.8 Å². The summed E-state index contributed by atoms with van der Waals surface area (Å²) in [5.41, 5.74) is 5.34. The van der Waals surface area contributed by atoms with Gasteiger partial charge in [-0.25, -0.2) is 0 Å². The molecule has 1 saturated heterocycles. The Morgan fingerprint density at radius 1 is 1.71 bits per heavy atom. The van der Waals surface area contributed by atoms with Gasteiger partial charge >= 0.3 is 5.97 Å². The van der Waals surface area contributed by atoms with Crippen molar-refractivity contribution in [3.05, 3.63) is 0 Å².